The van der Waals surface area contributed by atoms with E-state index in [1.54, 1.807) is 6.92 Å². The molecule has 110 valence electrons. The van der Waals surface area contributed by atoms with Gasteiger partial charge in [-0.3, -0.25) is 4.79 Å². The van der Waals surface area contributed by atoms with E-state index in [9.17, 15) is 9.90 Å². The van der Waals surface area contributed by atoms with Gasteiger partial charge >= 0.3 is 5.97 Å². The van der Waals surface area contributed by atoms with Crippen LogP contribution in [0.25, 0.3) is 0 Å². The molecule has 0 aliphatic carbocycles. The number of aliphatic hydroxyl groups is 1. The molecule has 0 unspecified atom stereocenters. The van der Waals surface area contributed by atoms with Crippen LogP contribution in [0.3, 0.4) is 0 Å². The lowest BCUT2D eigenvalue weighted by Crippen LogP contribution is -2.28. The van der Waals surface area contributed by atoms with Crippen molar-refractivity contribution in [3.63, 3.8) is 0 Å². The maximum absolute atomic E-state index is 11.6. The third-order valence-electron chi connectivity index (χ3n) is 3.50. The van der Waals surface area contributed by atoms with Crippen molar-refractivity contribution < 1.29 is 14.6 Å². The van der Waals surface area contributed by atoms with E-state index < -0.39 is 5.60 Å². The molecule has 0 spiro atoms. The van der Waals surface area contributed by atoms with E-state index >= 15 is 0 Å². The Hall–Kier alpha value is -2.13. The Morgan fingerprint density at radius 1 is 1.00 bits per heavy atom. The van der Waals surface area contributed by atoms with Crippen molar-refractivity contribution >= 4 is 5.97 Å². The Labute approximate surface area is 125 Å². The maximum atomic E-state index is 11.6. The summed E-state index contributed by atoms with van der Waals surface area (Å²) in [5.41, 5.74) is 0.371. The van der Waals surface area contributed by atoms with E-state index in [2.05, 4.69) is 0 Å². The van der Waals surface area contributed by atoms with E-state index in [1.807, 2.05) is 60.7 Å². The van der Waals surface area contributed by atoms with E-state index in [0.717, 1.165) is 11.1 Å². The van der Waals surface area contributed by atoms with Gasteiger partial charge < -0.3 is 9.84 Å². The fourth-order valence-electron chi connectivity index (χ4n) is 2.40. The molecule has 1 N–H and O–H groups in total. The van der Waals surface area contributed by atoms with Crippen LogP contribution < -0.4 is 0 Å². The van der Waals surface area contributed by atoms with Crippen molar-refractivity contribution in [3.05, 3.63) is 71.8 Å². The molecule has 21 heavy (non-hydrogen) atoms. The van der Waals surface area contributed by atoms with Crippen LogP contribution in [-0.2, 0) is 15.1 Å². The first kappa shape index (κ1) is 15.3. The first-order valence-corrected chi connectivity index (χ1v) is 7.16. The second-order valence-corrected chi connectivity index (χ2v) is 4.90. The van der Waals surface area contributed by atoms with Gasteiger partial charge in [-0.15, -0.1) is 0 Å². The predicted octanol–water partition coefficient (Wildman–Crippen LogP) is 3.27. The molecule has 0 aliphatic heterocycles. The lowest BCUT2D eigenvalue weighted by atomic mass is 9.82. The minimum Gasteiger partial charge on any atom is -0.466 e. The standard InChI is InChI=1S/C18H20O3/c1-2-21-17(19)13-14-18(20,15-9-5-3-6-10-15)16-11-7-4-8-12-16/h3-12,20H,2,13-14H2,1H3. The first-order valence-electron chi connectivity index (χ1n) is 7.16. The molecular weight excluding hydrogens is 264 g/mol. The zero-order valence-electron chi connectivity index (χ0n) is 12.2. The van der Waals surface area contributed by atoms with Crippen LogP contribution in [0.5, 0.6) is 0 Å². The normalized spacial score (nSPS) is 11.1. The van der Waals surface area contributed by atoms with Gasteiger partial charge in [-0.1, -0.05) is 60.7 Å². The molecule has 0 saturated carbocycles. The van der Waals surface area contributed by atoms with Crippen LogP contribution in [-0.4, -0.2) is 17.7 Å². The van der Waals surface area contributed by atoms with Crippen molar-refractivity contribution in [1.82, 2.24) is 0 Å². The van der Waals surface area contributed by atoms with Gasteiger partial charge in [-0.25, -0.2) is 0 Å². The Bertz CT molecular complexity index is 524. The summed E-state index contributed by atoms with van der Waals surface area (Å²) >= 11 is 0. The summed E-state index contributed by atoms with van der Waals surface area (Å²) < 4.78 is 4.96. The molecule has 0 bridgehead atoms. The number of carbonyl (C=O) groups is 1. The molecule has 0 aliphatic rings. The van der Waals surface area contributed by atoms with Gasteiger partial charge in [0.15, 0.2) is 0 Å². The Morgan fingerprint density at radius 2 is 1.48 bits per heavy atom. The molecule has 0 atom stereocenters. The Kier molecular flexibility index (Phi) is 5.12. The quantitative estimate of drug-likeness (QED) is 0.828. The minimum atomic E-state index is -1.19. The average Bonchev–Trinajstić information content (AvgIpc) is 2.54. The number of rotatable bonds is 6. The zero-order chi connectivity index (χ0) is 15.1. The molecule has 2 aromatic carbocycles. The third-order valence-corrected chi connectivity index (χ3v) is 3.50. The van der Waals surface area contributed by atoms with Gasteiger partial charge in [0, 0.05) is 6.42 Å². The first-order chi connectivity index (χ1) is 10.2. The van der Waals surface area contributed by atoms with Gasteiger partial charge in [-0.05, 0) is 24.5 Å². The third kappa shape index (κ3) is 3.70. The fourth-order valence-corrected chi connectivity index (χ4v) is 2.40. The summed E-state index contributed by atoms with van der Waals surface area (Å²) in [5.74, 6) is -0.289. The lowest BCUT2D eigenvalue weighted by Gasteiger charge is -2.29. The maximum Gasteiger partial charge on any atom is 0.305 e. The van der Waals surface area contributed by atoms with Crippen molar-refractivity contribution in [1.29, 1.82) is 0 Å². The molecule has 0 fully saturated rings. The summed E-state index contributed by atoms with van der Waals surface area (Å²) in [6.45, 7) is 2.13. The lowest BCUT2D eigenvalue weighted by molar-refractivity contribution is -0.144. The molecular formula is C18H20O3. The molecule has 2 rings (SSSR count). The predicted molar refractivity (Wildman–Crippen MR) is 81.7 cm³/mol. The van der Waals surface area contributed by atoms with Gasteiger partial charge in [0.2, 0.25) is 0 Å². The van der Waals surface area contributed by atoms with Crippen LogP contribution in [0.2, 0.25) is 0 Å². The van der Waals surface area contributed by atoms with Gasteiger partial charge in [0.05, 0.1) is 6.61 Å². The SMILES string of the molecule is CCOC(=O)CCC(O)(c1ccccc1)c1ccccc1. The molecule has 0 radical (unpaired) electrons. The highest BCUT2D eigenvalue weighted by Gasteiger charge is 2.31. The Morgan fingerprint density at radius 3 is 1.90 bits per heavy atom. The summed E-state index contributed by atoms with van der Waals surface area (Å²) in [4.78, 5) is 11.6. The number of hydrogen-bond acceptors (Lipinski definition) is 3. The molecule has 0 heterocycles. The molecule has 0 saturated heterocycles. The van der Waals surface area contributed by atoms with Crippen LogP contribution >= 0.6 is 0 Å². The number of hydrogen-bond donors (Lipinski definition) is 1. The highest BCUT2D eigenvalue weighted by atomic mass is 16.5. The average molecular weight is 284 g/mol. The Balaban J connectivity index is 2.29. The van der Waals surface area contributed by atoms with Crippen LogP contribution in [0, 0.1) is 0 Å². The van der Waals surface area contributed by atoms with Crippen LogP contribution in [0.15, 0.2) is 60.7 Å². The number of esters is 1. The topological polar surface area (TPSA) is 46.5 Å². The fraction of sp³-hybridized carbons (Fsp3) is 0.278. The molecule has 3 heteroatoms. The van der Waals surface area contributed by atoms with Crippen molar-refractivity contribution in [2.75, 3.05) is 6.61 Å². The number of ether oxygens (including phenoxy) is 1. The second-order valence-electron chi connectivity index (χ2n) is 4.90. The monoisotopic (exact) mass is 284 g/mol. The van der Waals surface area contributed by atoms with E-state index in [4.69, 9.17) is 4.74 Å². The van der Waals surface area contributed by atoms with E-state index in [1.165, 1.54) is 0 Å². The molecule has 0 amide bonds. The molecule has 0 aromatic heterocycles. The minimum absolute atomic E-state index is 0.175. The van der Waals surface area contributed by atoms with Crippen molar-refractivity contribution in [3.8, 4) is 0 Å². The summed E-state index contributed by atoms with van der Waals surface area (Å²) in [7, 11) is 0. The van der Waals surface area contributed by atoms with E-state index in [0.29, 0.717) is 13.0 Å². The van der Waals surface area contributed by atoms with Crippen LogP contribution in [0.1, 0.15) is 30.9 Å². The zero-order valence-corrected chi connectivity index (χ0v) is 12.2. The van der Waals surface area contributed by atoms with E-state index in [-0.39, 0.29) is 12.4 Å². The number of carbonyl (C=O) groups excluding carboxylic acids is 1. The van der Waals surface area contributed by atoms with Gasteiger partial charge in [-0.2, -0.15) is 0 Å². The molecule has 2 aromatic rings. The van der Waals surface area contributed by atoms with Gasteiger partial charge in [0.25, 0.3) is 0 Å². The summed E-state index contributed by atoms with van der Waals surface area (Å²) in [6, 6.07) is 18.8. The van der Waals surface area contributed by atoms with Crippen molar-refractivity contribution in [2.24, 2.45) is 0 Å². The highest BCUT2D eigenvalue weighted by molar-refractivity contribution is 5.69. The highest BCUT2D eigenvalue weighted by Crippen LogP contribution is 2.34. The molecule has 3 nitrogen and oxygen atoms in total. The summed E-state index contributed by atoms with van der Waals surface area (Å²) in [6.07, 6.45) is 0.466. The van der Waals surface area contributed by atoms with Crippen LogP contribution in [0.4, 0.5) is 0 Å². The van der Waals surface area contributed by atoms with Crippen molar-refractivity contribution in [2.45, 2.75) is 25.4 Å². The summed E-state index contributed by atoms with van der Waals surface area (Å²) in [5, 5.41) is 11.2. The number of benzene rings is 2. The second kappa shape index (κ2) is 7.04. The van der Waals surface area contributed by atoms with Gasteiger partial charge in [0.1, 0.15) is 5.60 Å². The smallest absolute Gasteiger partial charge is 0.305 e. The largest absolute Gasteiger partial charge is 0.466 e.